The molecule has 2 aromatic heterocycles. The van der Waals surface area contributed by atoms with Gasteiger partial charge in [-0.1, -0.05) is 54.2 Å². The number of aryl methyl sites for hydroxylation is 1. The molecule has 4 nitrogen and oxygen atoms in total. The standard InChI is InChI=1S/C19H17N3OS/c1-13-16(10-11-23-13)18-20-21-19(22(18)2)24-12-15-8-5-7-14-6-3-4-9-17(14)15/h3-11H,12H2,1-2H3. The summed E-state index contributed by atoms with van der Waals surface area (Å²) in [6, 6.07) is 16.8. The fourth-order valence-corrected chi connectivity index (χ4v) is 3.77. The number of aromatic nitrogens is 3. The Kier molecular flexibility index (Phi) is 3.86. The smallest absolute Gasteiger partial charge is 0.191 e. The van der Waals surface area contributed by atoms with Gasteiger partial charge in [0, 0.05) is 12.8 Å². The summed E-state index contributed by atoms with van der Waals surface area (Å²) in [4.78, 5) is 0. The molecule has 5 heteroatoms. The topological polar surface area (TPSA) is 43.9 Å². The summed E-state index contributed by atoms with van der Waals surface area (Å²) >= 11 is 1.70. The van der Waals surface area contributed by atoms with Crippen molar-refractivity contribution in [3.8, 4) is 11.4 Å². The van der Waals surface area contributed by atoms with Crippen molar-refractivity contribution < 1.29 is 4.42 Å². The summed E-state index contributed by atoms with van der Waals surface area (Å²) < 4.78 is 7.39. The van der Waals surface area contributed by atoms with E-state index in [9.17, 15) is 0 Å². The number of furan rings is 1. The highest BCUT2D eigenvalue weighted by Crippen LogP contribution is 2.29. The van der Waals surface area contributed by atoms with Gasteiger partial charge in [-0.05, 0) is 29.3 Å². The fraction of sp³-hybridized carbons (Fsp3) is 0.158. The van der Waals surface area contributed by atoms with Crippen molar-refractivity contribution in [2.75, 3.05) is 0 Å². The Labute approximate surface area is 144 Å². The molecule has 0 atom stereocenters. The SMILES string of the molecule is Cc1occc1-c1nnc(SCc2cccc3ccccc23)n1C. The maximum Gasteiger partial charge on any atom is 0.191 e. The molecular weight excluding hydrogens is 318 g/mol. The van der Waals surface area contributed by atoms with Gasteiger partial charge < -0.3 is 8.98 Å². The number of hydrogen-bond donors (Lipinski definition) is 0. The Morgan fingerprint density at radius 1 is 1.04 bits per heavy atom. The summed E-state index contributed by atoms with van der Waals surface area (Å²) in [7, 11) is 1.99. The molecule has 120 valence electrons. The van der Waals surface area contributed by atoms with E-state index in [4.69, 9.17) is 4.42 Å². The van der Waals surface area contributed by atoms with Crippen LogP contribution in [0.15, 0.2) is 64.4 Å². The van der Waals surface area contributed by atoms with Crippen LogP contribution < -0.4 is 0 Å². The molecule has 2 heterocycles. The molecule has 0 radical (unpaired) electrons. The van der Waals surface area contributed by atoms with E-state index < -0.39 is 0 Å². The minimum absolute atomic E-state index is 0.835. The van der Waals surface area contributed by atoms with Crippen LogP contribution >= 0.6 is 11.8 Å². The molecule has 0 bridgehead atoms. The van der Waals surface area contributed by atoms with E-state index >= 15 is 0 Å². The lowest BCUT2D eigenvalue weighted by Crippen LogP contribution is -1.95. The third kappa shape index (κ3) is 2.61. The molecule has 0 aliphatic heterocycles. The second-order valence-electron chi connectivity index (χ2n) is 5.68. The average Bonchev–Trinajstić information content (AvgIpc) is 3.18. The van der Waals surface area contributed by atoms with Crippen LogP contribution in [0.5, 0.6) is 0 Å². The maximum absolute atomic E-state index is 5.37. The molecule has 0 spiro atoms. The van der Waals surface area contributed by atoms with Crippen molar-refractivity contribution in [1.82, 2.24) is 14.8 Å². The molecule has 0 fully saturated rings. The predicted molar refractivity (Wildman–Crippen MR) is 97.0 cm³/mol. The van der Waals surface area contributed by atoms with Crippen molar-refractivity contribution in [1.29, 1.82) is 0 Å². The summed E-state index contributed by atoms with van der Waals surface area (Å²) in [5.41, 5.74) is 2.30. The van der Waals surface area contributed by atoms with Gasteiger partial charge in [0.25, 0.3) is 0 Å². The van der Waals surface area contributed by atoms with Gasteiger partial charge in [-0.15, -0.1) is 10.2 Å². The van der Waals surface area contributed by atoms with Gasteiger partial charge in [0.15, 0.2) is 11.0 Å². The van der Waals surface area contributed by atoms with E-state index in [0.717, 1.165) is 28.1 Å². The Morgan fingerprint density at radius 3 is 2.71 bits per heavy atom. The van der Waals surface area contributed by atoms with Crippen LogP contribution in [-0.4, -0.2) is 14.8 Å². The molecule has 0 N–H and O–H groups in total. The number of hydrogen-bond acceptors (Lipinski definition) is 4. The van der Waals surface area contributed by atoms with Crippen LogP contribution in [0.3, 0.4) is 0 Å². The number of nitrogens with zero attached hydrogens (tertiary/aromatic N) is 3. The van der Waals surface area contributed by atoms with E-state index in [1.54, 1.807) is 18.0 Å². The van der Waals surface area contributed by atoms with E-state index in [-0.39, 0.29) is 0 Å². The van der Waals surface area contributed by atoms with Crippen molar-refractivity contribution >= 4 is 22.5 Å². The van der Waals surface area contributed by atoms with E-state index in [1.165, 1.54) is 16.3 Å². The second kappa shape index (κ2) is 6.17. The zero-order chi connectivity index (χ0) is 16.5. The summed E-state index contributed by atoms with van der Waals surface area (Å²) in [6.07, 6.45) is 1.68. The highest BCUT2D eigenvalue weighted by atomic mass is 32.2. The Bertz CT molecular complexity index is 997. The van der Waals surface area contributed by atoms with Gasteiger partial charge in [-0.3, -0.25) is 0 Å². The van der Waals surface area contributed by atoms with Gasteiger partial charge >= 0.3 is 0 Å². The second-order valence-corrected chi connectivity index (χ2v) is 6.63. The first-order valence-electron chi connectivity index (χ1n) is 7.77. The van der Waals surface area contributed by atoms with E-state index in [2.05, 4.69) is 52.7 Å². The first-order valence-corrected chi connectivity index (χ1v) is 8.76. The molecule has 0 saturated heterocycles. The molecule has 4 aromatic rings. The van der Waals surface area contributed by atoms with Gasteiger partial charge in [0.05, 0.1) is 11.8 Å². The lowest BCUT2D eigenvalue weighted by atomic mass is 10.1. The van der Waals surface area contributed by atoms with Crippen molar-refractivity contribution in [3.05, 3.63) is 66.1 Å². The molecule has 0 unspecified atom stereocenters. The van der Waals surface area contributed by atoms with Crippen LogP contribution in [0.2, 0.25) is 0 Å². The molecule has 0 aliphatic rings. The average molecular weight is 335 g/mol. The first-order chi connectivity index (χ1) is 11.7. The molecule has 4 rings (SSSR count). The molecule has 0 aliphatic carbocycles. The van der Waals surface area contributed by atoms with E-state index in [1.807, 2.05) is 24.6 Å². The zero-order valence-corrected chi connectivity index (χ0v) is 14.4. The molecule has 0 amide bonds. The van der Waals surface area contributed by atoms with Crippen molar-refractivity contribution in [2.45, 2.75) is 17.8 Å². The maximum atomic E-state index is 5.37. The number of benzene rings is 2. The third-order valence-corrected chi connectivity index (χ3v) is 5.24. The molecule has 0 saturated carbocycles. The third-order valence-electron chi connectivity index (χ3n) is 4.17. The van der Waals surface area contributed by atoms with Gasteiger partial charge in [0.2, 0.25) is 0 Å². The van der Waals surface area contributed by atoms with Crippen molar-refractivity contribution in [3.63, 3.8) is 0 Å². The summed E-state index contributed by atoms with van der Waals surface area (Å²) in [6.45, 7) is 1.94. The van der Waals surface area contributed by atoms with Crippen LogP contribution in [0.1, 0.15) is 11.3 Å². The van der Waals surface area contributed by atoms with E-state index in [0.29, 0.717) is 0 Å². The Morgan fingerprint density at radius 2 is 1.88 bits per heavy atom. The molecule has 2 aromatic carbocycles. The minimum Gasteiger partial charge on any atom is -0.469 e. The summed E-state index contributed by atoms with van der Waals surface area (Å²) in [5.74, 6) is 2.55. The zero-order valence-electron chi connectivity index (χ0n) is 13.6. The van der Waals surface area contributed by atoms with Crippen LogP contribution in [0, 0.1) is 6.92 Å². The number of rotatable bonds is 4. The lowest BCUT2D eigenvalue weighted by molar-refractivity contribution is 0.534. The fourth-order valence-electron chi connectivity index (χ4n) is 2.85. The minimum atomic E-state index is 0.835. The number of fused-ring (bicyclic) bond motifs is 1. The summed E-state index contributed by atoms with van der Waals surface area (Å²) in [5, 5.41) is 12.1. The predicted octanol–water partition coefficient (Wildman–Crippen LogP) is 4.83. The van der Waals surface area contributed by atoms with Crippen molar-refractivity contribution in [2.24, 2.45) is 7.05 Å². The van der Waals surface area contributed by atoms with Gasteiger partial charge in [0.1, 0.15) is 5.76 Å². The highest BCUT2D eigenvalue weighted by molar-refractivity contribution is 7.98. The molecule has 24 heavy (non-hydrogen) atoms. The van der Waals surface area contributed by atoms with Crippen LogP contribution in [0.25, 0.3) is 22.2 Å². The Hall–Kier alpha value is -2.53. The Balaban J connectivity index is 1.60. The normalized spacial score (nSPS) is 11.2. The quantitative estimate of drug-likeness (QED) is 0.501. The van der Waals surface area contributed by atoms with Crippen LogP contribution in [-0.2, 0) is 12.8 Å². The number of thioether (sulfide) groups is 1. The van der Waals surface area contributed by atoms with Gasteiger partial charge in [-0.25, -0.2) is 0 Å². The lowest BCUT2D eigenvalue weighted by Gasteiger charge is -2.06. The monoisotopic (exact) mass is 335 g/mol. The van der Waals surface area contributed by atoms with Gasteiger partial charge in [-0.2, -0.15) is 0 Å². The van der Waals surface area contributed by atoms with Crippen LogP contribution in [0.4, 0.5) is 0 Å². The largest absolute Gasteiger partial charge is 0.469 e. The first kappa shape index (κ1) is 15.0. The highest BCUT2D eigenvalue weighted by Gasteiger charge is 2.15. The molecular formula is C19H17N3OS.